The molecule has 1 aromatic heterocycles. The fourth-order valence-corrected chi connectivity index (χ4v) is 4.24. The number of thiazole rings is 1. The lowest BCUT2D eigenvalue weighted by Gasteiger charge is -2.10. The van der Waals surface area contributed by atoms with Crippen molar-refractivity contribution < 1.29 is 13.2 Å². The van der Waals surface area contributed by atoms with Crippen LogP contribution in [0.1, 0.15) is 17.5 Å². The second kappa shape index (κ2) is 7.32. The minimum Gasteiger partial charge on any atom is -0.381 e. The van der Waals surface area contributed by atoms with E-state index in [0.29, 0.717) is 0 Å². The number of hydrogen-bond acceptors (Lipinski definition) is 5. The van der Waals surface area contributed by atoms with E-state index in [1.165, 1.54) is 18.4 Å². The van der Waals surface area contributed by atoms with Gasteiger partial charge in [-0.25, -0.2) is 18.1 Å². The molecule has 1 atom stereocenters. The van der Waals surface area contributed by atoms with Gasteiger partial charge in [0.05, 0.1) is 17.6 Å². The quantitative estimate of drug-likeness (QED) is 0.841. The fourth-order valence-electron chi connectivity index (χ4n) is 1.91. The molecule has 0 amide bonds. The molecule has 2 aromatic rings. The van der Waals surface area contributed by atoms with Gasteiger partial charge in [0.2, 0.25) is 10.0 Å². The van der Waals surface area contributed by atoms with Crippen LogP contribution in [0.2, 0.25) is 0 Å². The van der Waals surface area contributed by atoms with Crippen LogP contribution in [0.25, 0.3) is 10.6 Å². The highest BCUT2D eigenvalue weighted by molar-refractivity contribution is 7.89. The minimum atomic E-state index is -3.36. The largest absolute Gasteiger partial charge is 0.381 e. The molecule has 0 spiro atoms. The molecule has 120 valence electrons. The summed E-state index contributed by atoms with van der Waals surface area (Å²) < 4.78 is 31.5. The molecule has 0 fully saturated rings. The normalized spacial score (nSPS) is 13.2. The number of benzene rings is 1. The lowest BCUT2D eigenvalue weighted by Crippen LogP contribution is -2.31. The van der Waals surface area contributed by atoms with Gasteiger partial charge < -0.3 is 4.74 Å². The van der Waals surface area contributed by atoms with Crippen molar-refractivity contribution in [1.82, 2.24) is 9.71 Å². The van der Waals surface area contributed by atoms with Crippen LogP contribution >= 0.6 is 11.3 Å². The van der Waals surface area contributed by atoms with Crippen molar-refractivity contribution in [3.8, 4) is 10.6 Å². The summed E-state index contributed by atoms with van der Waals surface area (Å²) in [5.74, 6) is -0.0487. The predicted octanol–water partition coefficient (Wildman–Crippen LogP) is 2.57. The average molecular weight is 340 g/mol. The van der Waals surface area contributed by atoms with Gasteiger partial charge in [0.1, 0.15) is 5.01 Å². The van der Waals surface area contributed by atoms with E-state index >= 15 is 0 Å². The van der Waals surface area contributed by atoms with Crippen molar-refractivity contribution in [1.29, 1.82) is 0 Å². The Bertz CT molecular complexity index is 712. The average Bonchev–Trinajstić information content (AvgIpc) is 2.87. The maximum Gasteiger partial charge on any atom is 0.214 e. The molecule has 0 saturated heterocycles. The van der Waals surface area contributed by atoms with Crippen LogP contribution in [-0.4, -0.2) is 32.4 Å². The Kier molecular flexibility index (Phi) is 5.69. The molecular weight excluding hydrogens is 320 g/mol. The van der Waals surface area contributed by atoms with Crippen LogP contribution in [0, 0.1) is 6.92 Å². The van der Waals surface area contributed by atoms with Gasteiger partial charge in [-0.1, -0.05) is 30.3 Å². The number of aromatic nitrogens is 1. The third-order valence-electron chi connectivity index (χ3n) is 3.22. The Morgan fingerprint density at radius 1 is 1.32 bits per heavy atom. The first-order chi connectivity index (χ1) is 10.4. The number of ether oxygens (including phenoxy) is 1. The maximum atomic E-state index is 12.0. The van der Waals surface area contributed by atoms with Crippen molar-refractivity contribution in [3.63, 3.8) is 0 Å². The Hall–Kier alpha value is -1.28. The van der Waals surface area contributed by atoms with Crippen LogP contribution in [0.3, 0.4) is 0 Å². The number of aryl methyl sites for hydroxylation is 1. The van der Waals surface area contributed by atoms with Gasteiger partial charge in [-0.05, 0) is 13.8 Å². The monoisotopic (exact) mass is 340 g/mol. The molecule has 5 nitrogen and oxygen atoms in total. The molecule has 0 saturated carbocycles. The highest BCUT2D eigenvalue weighted by atomic mass is 32.2. The van der Waals surface area contributed by atoms with Crippen molar-refractivity contribution in [3.05, 3.63) is 40.9 Å². The summed E-state index contributed by atoms with van der Waals surface area (Å²) in [7, 11) is -1.86. The van der Waals surface area contributed by atoms with Gasteiger partial charge in [-0.2, -0.15) is 0 Å². The van der Waals surface area contributed by atoms with Gasteiger partial charge >= 0.3 is 0 Å². The molecule has 1 N–H and O–H groups in total. The lowest BCUT2D eigenvalue weighted by molar-refractivity contribution is 0.136. The molecule has 0 aliphatic heterocycles. The lowest BCUT2D eigenvalue weighted by atomic mass is 10.2. The summed E-state index contributed by atoms with van der Waals surface area (Å²) >= 11 is 1.51. The zero-order chi connectivity index (χ0) is 16.2. The van der Waals surface area contributed by atoms with Crippen LogP contribution in [0.4, 0.5) is 0 Å². The molecule has 0 aliphatic rings. The van der Waals surface area contributed by atoms with E-state index in [4.69, 9.17) is 4.74 Å². The van der Waals surface area contributed by atoms with E-state index in [2.05, 4.69) is 9.71 Å². The van der Waals surface area contributed by atoms with Gasteiger partial charge in [0, 0.05) is 24.1 Å². The highest BCUT2D eigenvalue weighted by Crippen LogP contribution is 2.27. The molecule has 7 heteroatoms. The Morgan fingerprint density at radius 3 is 2.64 bits per heavy atom. The second-order valence-electron chi connectivity index (χ2n) is 5.04. The fraction of sp³-hybridized carbons (Fsp3) is 0.400. The zero-order valence-corrected chi connectivity index (χ0v) is 14.5. The molecule has 2 rings (SSSR count). The standard InChI is InChI=1S/C15H20N2O3S2/c1-11(20-3)10-22(18,19)16-9-14-12(2)17-15(21-14)13-7-5-4-6-8-13/h4-8,11,16H,9-10H2,1-3H3/t11-/m0/s1. The zero-order valence-electron chi connectivity index (χ0n) is 12.9. The SMILES string of the molecule is CO[C@@H](C)CS(=O)(=O)NCc1sc(-c2ccccc2)nc1C. The summed E-state index contributed by atoms with van der Waals surface area (Å²) in [5, 5.41) is 0.901. The van der Waals surface area contributed by atoms with Gasteiger partial charge in [-0.3, -0.25) is 0 Å². The van der Waals surface area contributed by atoms with Crippen LogP contribution in [0.5, 0.6) is 0 Å². The molecular formula is C15H20N2O3S2. The third kappa shape index (κ3) is 4.61. The predicted molar refractivity (Wildman–Crippen MR) is 89.4 cm³/mol. The van der Waals surface area contributed by atoms with E-state index in [0.717, 1.165) is 21.1 Å². The number of hydrogen-bond donors (Lipinski definition) is 1. The van der Waals surface area contributed by atoms with Crippen molar-refractivity contribution >= 4 is 21.4 Å². The molecule has 0 radical (unpaired) electrons. The summed E-state index contributed by atoms with van der Waals surface area (Å²) in [6.07, 6.45) is -0.333. The van der Waals surface area contributed by atoms with E-state index in [-0.39, 0.29) is 18.4 Å². The van der Waals surface area contributed by atoms with E-state index in [1.807, 2.05) is 37.3 Å². The van der Waals surface area contributed by atoms with Crippen molar-refractivity contribution in [2.75, 3.05) is 12.9 Å². The first-order valence-corrected chi connectivity index (χ1v) is 9.40. The van der Waals surface area contributed by atoms with Crippen LogP contribution in [-0.2, 0) is 21.3 Å². The Labute approximate surface area is 135 Å². The summed E-state index contributed by atoms with van der Waals surface area (Å²) in [4.78, 5) is 5.44. The van der Waals surface area contributed by atoms with Gasteiger partial charge in [0.15, 0.2) is 0 Å². The number of nitrogens with zero attached hydrogens (tertiary/aromatic N) is 1. The molecule has 1 aromatic carbocycles. The van der Waals surface area contributed by atoms with Crippen LogP contribution in [0.15, 0.2) is 30.3 Å². The number of methoxy groups -OCH3 is 1. The molecule has 0 bridgehead atoms. The molecule has 0 aliphatic carbocycles. The van der Waals surface area contributed by atoms with Gasteiger partial charge in [-0.15, -0.1) is 11.3 Å². The first-order valence-electron chi connectivity index (χ1n) is 6.93. The molecule has 1 heterocycles. The maximum absolute atomic E-state index is 12.0. The first kappa shape index (κ1) is 17.1. The van der Waals surface area contributed by atoms with Crippen molar-refractivity contribution in [2.24, 2.45) is 0 Å². The van der Waals surface area contributed by atoms with E-state index in [9.17, 15) is 8.42 Å². The summed E-state index contributed by atoms with van der Waals surface area (Å²) in [6, 6.07) is 9.86. The third-order valence-corrected chi connectivity index (χ3v) is 5.92. The van der Waals surface area contributed by atoms with Crippen LogP contribution < -0.4 is 4.72 Å². The molecule has 0 unspecified atom stereocenters. The Balaban J connectivity index is 2.07. The van der Waals surface area contributed by atoms with E-state index < -0.39 is 10.0 Å². The number of rotatable bonds is 7. The molecule has 22 heavy (non-hydrogen) atoms. The Morgan fingerprint density at radius 2 is 2.00 bits per heavy atom. The second-order valence-corrected chi connectivity index (χ2v) is 7.98. The van der Waals surface area contributed by atoms with Gasteiger partial charge in [0.25, 0.3) is 0 Å². The number of nitrogens with one attached hydrogen (secondary N) is 1. The minimum absolute atomic E-state index is 0.0487. The smallest absolute Gasteiger partial charge is 0.214 e. The summed E-state index contributed by atoms with van der Waals surface area (Å²) in [5.41, 5.74) is 1.89. The van der Waals surface area contributed by atoms with Crippen molar-refractivity contribution in [2.45, 2.75) is 26.5 Å². The topological polar surface area (TPSA) is 68.3 Å². The summed E-state index contributed by atoms with van der Waals surface area (Å²) in [6.45, 7) is 3.88. The highest BCUT2D eigenvalue weighted by Gasteiger charge is 2.17. The van der Waals surface area contributed by atoms with E-state index in [1.54, 1.807) is 6.92 Å². The number of sulfonamides is 1.